The van der Waals surface area contributed by atoms with Crippen molar-refractivity contribution in [2.75, 3.05) is 13.2 Å². The van der Waals surface area contributed by atoms with Crippen LogP contribution in [-0.4, -0.2) is 48.7 Å². The number of carbonyl (C=O) groups is 1. The van der Waals surface area contributed by atoms with Gasteiger partial charge in [-0.05, 0) is 30.1 Å². The first-order valence-electron chi connectivity index (χ1n) is 13.9. The third-order valence-electron chi connectivity index (χ3n) is 7.61. The van der Waals surface area contributed by atoms with Gasteiger partial charge in [-0.25, -0.2) is 0 Å². The minimum absolute atomic E-state index is 0.173. The van der Waals surface area contributed by atoms with Gasteiger partial charge >= 0.3 is 5.97 Å². The lowest BCUT2D eigenvalue weighted by molar-refractivity contribution is -0.153. The predicted octanol–water partition coefficient (Wildman–Crippen LogP) is 6.30. The van der Waals surface area contributed by atoms with E-state index in [0.29, 0.717) is 18.9 Å². The molecule has 0 bridgehead atoms. The molecule has 0 amide bonds. The van der Waals surface area contributed by atoms with Crippen LogP contribution < -0.4 is 0 Å². The van der Waals surface area contributed by atoms with Gasteiger partial charge in [0.2, 0.25) is 0 Å². The quantitative estimate of drug-likeness (QED) is 0.254. The van der Waals surface area contributed by atoms with Gasteiger partial charge < -0.3 is 19.3 Å². The molecule has 2 heterocycles. The van der Waals surface area contributed by atoms with Crippen molar-refractivity contribution in [1.29, 1.82) is 0 Å². The third-order valence-corrected chi connectivity index (χ3v) is 7.61. The van der Waals surface area contributed by atoms with Crippen molar-refractivity contribution in [3.8, 4) is 0 Å². The second-order valence-corrected chi connectivity index (χ2v) is 11.6. The molecule has 0 aromatic heterocycles. The number of rotatable bonds is 17. The summed E-state index contributed by atoms with van der Waals surface area (Å²) < 4.78 is 16.6. The summed E-state index contributed by atoms with van der Waals surface area (Å²) in [5.41, 5.74) is 0. The minimum Gasteiger partial charge on any atom is -0.457 e. The zero-order chi connectivity index (χ0) is 24.2. The molecule has 2 saturated heterocycles. The van der Waals surface area contributed by atoms with E-state index in [1.165, 1.54) is 57.8 Å². The number of esters is 1. The smallest absolute Gasteiger partial charge is 0.306 e. The molecule has 0 aromatic carbocycles. The summed E-state index contributed by atoms with van der Waals surface area (Å²) in [6, 6.07) is 0. The van der Waals surface area contributed by atoms with Crippen LogP contribution in [-0.2, 0) is 19.0 Å². The molecule has 2 rings (SSSR count). The van der Waals surface area contributed by atoms with Gasteiger partial charge in [0.15, 0.2) is 6.10 Å². The molecule has 1 N–H and O–H groups in total. The van der Waals surface area contributed by atoms with Crippen LogP contribution in [0, 0.1) is 23.7 Å². The lowest BCUT2D eigenvalue weighted by atomic mass is 9.90. The van der Waals surface area contributed by atoms with E-state index in [-0.39, 0.29) is 30.9 Å². The Morgan fingerprint density at radius 1 is 0.758 bits per heavy atom. The van der Waals surface area contributed by atoms with Gasteiger partial charge in [0.05, 0.1) is 13.2 Å². The second-order valence-electron chi connectivity index (χ2n) is 11.6. The summed E-state index contributed by atoms with van der Waals surface area (Å²) in [6.45, 7) is 12.4. The molecule has 0 aromatic rings. The van der Waals surface area contributed by atoms with Crippen LogP contribution in [0.15, 0.2) is 0 Å². The van der Waals surface area contributed by atoms with Crippen molar-refractivity contribution in [3.05, 3.63) is 0 Å². The Hall–Kier alpha value is -0.650. The van der Waals surface area contributed by atoms with E-state index in [1.54, 1.807) is 0 Å². The first-order valence-corrected chi connectivity index (χ1v) is 13.9. The van der Waals surface area contributed by atoms with E-state index in [4.69, 9.17) is 14.2 Å². The molecule has 0 saturated carbocycles. The van der Waals surface area contributed by atoms with Crippen LogP contribution in [0.4, 0.5) is 0 Å². The third kappa shape index (κ3) is 11.1. The maximum absolute atomic E-state index is 12.2. The van der Waals surface area contributed by atoms with Gasteiger partial charge in [0, 0.05) is 6.42 Å². The summed E-state index contributed by atoms with van der Waals surface area (Å²) in [5.74, 6) is 3.02. The lowest BCUT2D eigenvalue weighted by Crippen LogP contribution is -2.34. The maximum atomic E-state index is 12.2. The van der Waals surface area contributed by atoms with Crippen LogP contribution >= 0.6 is 0 Å². The number of hydrogen-bond acceptors (Lipinski definition) is 5. The van der Waals surface area contributed by atoms with E-state index in [9.17, 15) is 9.90 Å². The second kappa shape index (κ2) is 15.4. The fourth-order valence-electron chi connectivity index (χ4n) is 5.30. The minimum atomic E-state index is -0.606. The van der Waals surface area contributed by atoms with Gasteiger partial charge in [-0.1, -0.05) is 98.8 Å². The van der Waals surface area contributed by atoms with Gasteiger partial charge in [-0.15, -0.1) is 0 Å². The molecule has 0 aliphatic carbocycles. The molecule has 7 atom stereocenters. The number of aliphatic hydroxyl groups excluding tert-OH is 1. The Labute approximate surface area is 203 Å². The average molecular weight is 469 g/mol. The number of aliphatic hydroxyl groups is 1. The fourth-order valence-corrected chi connectivity index (χ4v) is 5.30. The summed E-state index contributed by atoms with van der Waals surface area (Å²) in [6.07, 6.45) is 12.9. The van der Waals surface area contributed by atoms with Crippen molar-refractivity contribution in [3.63, 3.8) is 0 Å². The maximum Gasteiger partial charge on any atom is 0.306 e. The monoisotopic (exact) mass is 468 g/mol. The predicted molar refractivity (Wildman–Crippen MR) is 133 cm³/mol. The van der Waals surface area contributed by atoms with Gasteiger partial charge in [-0.2, -0.15) is 0 Å². The van der Waals surface area contributed by atoms with Crippen molar-refractivity contribution in [2.45, 2.75) is 136 Å². The summed E-state index contributed by atoms with van der Waals surface area (Å²) in [7, 11) is 0. The van der Waals surface area contributed by atoms with Crippen LogP contribution in [0.3, 0.4) is 0 Å². The van der Waals surface area contributed by atoms with Crippen molar-refractivity contribution in [1.82, 2.24) is 0 Å². The average Bonchev–Trinajstić information content (AvgIpc) is 3.31. The van der Waals surface area contributed by atoms with E-state index < -0.39 is 6.10 Å². The highest BCUT2D eigenvalue weighted by atomic mass is 16.6. The molecule has 33 heavy (non-hydrogen) atoms. The highest BCUT2D eigenvalue weighted by Gasteiger charge is 2.48. The first kappa shape index (κ1) is 28.6. The van der Waals surface area contributed by atoms with E-state index in [1.807, 2.05) is 0 Å². The topological polar surface area (TPSA) is 65.0 Å². The van der Waals surface area contributed by atoms with Gasteiger partial charge in [0.25, 0.3) is 0 Å². The number of hydrogen-bond donors (Lipinski definition) is 1. The molecule has 3 unspecified atom stereocenters. The summed E-state index contributed by atoms with van der Waals surface area (Å²) >= 11 is 0. The SMILES string of the molecule is CC(C)CCCC(C)CCCC(C)CCCC(C)CCCC(=O)O[C@H]1CO[C@H]2[C@@H]1OC[C@H]2O. The lowest BCUT2D eigenvalue weighted by Gasteiger charge is -2.17. The Bertz CT molecular complexity index is 536. The zero-order valence-electron chi connectivity index (χ0n) is 22.1. The largest absolute Gasteiger partial charge is 0.457 e. The Morgan fingerprint density at radius 2 is 1.24 bits per heavy atom. The van der Waals surface area contributed by atoms with Crippen molar-refractivity contribution >= 4 is 5.97 Å². The zero-order valence-corrected chi connectivity index (χ0v) is 22.1. The molecule has 2 aliphatic rings. The molecule has 194 valence electrons. The Morgan fingerprint density at radius 3 is 1.79 bits per heavy atom. The standard InChI is InChI=1S/C28H52O5/c1-20(2)10-6-11-21(3)12-7-13-22(4)14-8-15-23(5)16-9-17-26(30)33-25-19-32-27-24(29)18-31-28(25)27/h20-25,27-29H,6-19H2,1-5H3/t21?,22?,23?,24-,25+,27-,28-/m1/s1. The number of fused-ring (bicyclic) bond motifs is 1. The molecule has 2 fully saturated rings. The molecule has 5 nitrogen and oxygen atoms in total. The summed E-state index contributed by atoms with van der Waals surface area (Å²) in [4.78, 5) is 12.2. The highest BCUT2D eigenvalue weighted by Crippen LogP contribution is 2.29. The fraction of sp³-hybridized carbons (Fsp3) is 0.964. The number of carbonyl (C=O) groups excluding carboxylic acids is 1. The molecule has 0 radical (unpaired) electrons. The molecule has 5 heteroatoms. The van der Waals surface area contributed by atoms with Crippen LogP contribution in [0.1, 0.15) is 112 Å². The van der Waals surface area contributed by atoms with Crippen molar-refractivity contribution < 1.29 is 24.1 Å². The van der Waals surface area contributed by atoms with E-state index >= 15 is 0 Å². The highest BCUT2D eigenvalue weighted by molar-refractivity contribution is 5.69. The van der Waals surface area contributed by atoms with Gasteiger partial charge in [-0.3, -0.25) is 4.79 Å². The molecule has 2 aliphatic heterocycles. The van der Waals surface area contributed by atoms with E-state index in [0.717, 1.165) is 30.6 Å². The Kier molecular flexibility index (Phi) is 13.3. The number of ether oxygens (including phenoxy) is 3. The normalized spacial score (nSPS) is 27.5. The van der Waals surface area contributed by atoms with Gasteiger partial charge in [0.1, 0.15) is 18.3 Å². The van der Waals surface area contributed by atoms with Crippen LogP contribution in [0.25, 0.3) is 0 Å². The van der Waals surface area contributed by atoms with Crippen LogP contribution in [0.2, 0.25) is 0 Å². The van der Waals surface area contributed by atoms with E-state index in [2.05, 4.69) is 34.6 Å². The molecule has 0 spiro atoms. The first-order chi connectivity index (χ1) is 15.8. The molecular weight excluding hydrogens is 416 g/mol. The van der Waals surface area contributed by atoms with Crippen LogP contribution in [0.5, 0.6) is 0 Å². The molecular formula is C28H52O5. The van der Waals surface area contributed by atoms with Crippen molar-refractivity contribution in [2.24, 2.45) is 23.7 Å². The summed E-state index contributed by atoms with van der Waals surface area (Å²) in [5, 5.41) is 9.78. The Balaban J connectivity index is 1.44.